The van der Waals surface area contributed by atoms with Gasteiger partial charge in [-0.05, 0) is 109 Å². The van der Waals surface area contributed by atoms with E-state index < -0.39 is 0 Å². The molecular weight excluding hydrogens is 1000 g/mol. The second-order valence-electron chi connectivity index (χ2n) is 22.3. The molecule has 2 unspecified atom stereocenters. The minimum atomic E-state index is 0.581. The van der Waals surface area contributed by atoms with Crippen LogP contribution >= 0.6 is 34.4 Å². The minimum absolute atomic E-state index is 0.581. The Morgan fingerprint density at radius 3 is 0.974 bits per heavy atom. The first-order valence-corrected chi connectivity index (χ1v) is 33.6. The van der Waals surface area contributed by atoms with Crippen LogP contribution in [0.25, 0.3) is 65.5 Å². The highest BCUT2D eigenvalue weighted by Gasteiger charge is 2.26. The third-order valence-corrected chi connectivity index (χ3v) is 18.3. The smallest absolute Gasteiger partial charge is 0.119 e. The van der Waals surface area contributed by atoms with Crippen molar-refractivity contribution >= 4 is 56.5 Å². The standard InChI is InChI=1S/C68H96N4O2S3/c1-5-9-13-17-21-23-27-31-37-53(35-29-25-19-15-11-7-3)51-73-57-45-41-55(42-46-57)63-64(70-66-62(60-40-34-50-76-60)68-67(71-77-72-68)61(65(66)69-63)59-39-33-49-75-59)56-43-47-58(48-44-56)74-52-54(36-30-26-20-16-12-8-4)38-32-28-24-22-18-14-10-6-2/h33-34,39-50,53-54H,5-32,35-38,51-52H2,1-4H3. The van der Waals surface area contributed by atoms with Crippen LogP contribution < -0.4 is 9.47 Å². The summed E-state index contributed by atoms with van der Waals surface area (Å²) in [6, 6.07) is 25.9. The van der Waals surface area contributed by atoms with Crippen molar-refractivity contribution in [1.82, 2.24) is 18.7 Å². The van der Waals surface area contributed by atoms with Crippen molar-refractivity contribution in [3.05, 3.63) is 83.6 Å². The average Bonchev–Trinajstić information content (AvgIpc) is 4.34. The number of hydrogen-bond donors (Lipinski definition) is 0. The van der Waals surface area contributed by atoms with Gasteiger partial charge in [0.2, 0.25) is 0 Å². The van der Waals surface area contributed by atoms with E-state index >= 15 is 0 Å². The zero-order chi connectivity index (χ0) is 53.5. The molecule has 0 bridgehead atoms. The number of nitrogens with zero attached hydrogens (tertiary/aromatic N) is 4. The van der Waals surface area contributed by atoms with Gasteiger partial charge in [-0.25, -0.2) is 9.97 Å². The Balaban J connectivity index is 1.14. The molecule has 3 aromatic carbocycles. The molecule has 0 aliphatic rings. The molecule has 7 rings (SSSR count). The minimum Gasteiger partial charge on any atom is -0.493 e. The van der Waals surface area contributed by atoms with Gasteiger partial charge in [0.15, 0.2) is 0 Å². The maximum atomic E-state index is 6.71. The topological polar surface area (TPSA) is 70.0 Å². The monoisotopic (exact) mass is 1100 g/mol. The fourth-order valence-corrected chi connectivity index (χ4v) is 13.4. The molecule has 0 saturated heterocycles. The number of thiophene rings is 2. The lowest BCUT2D eigenvalue weighted by Gasteiger charge is -2.19. The predicted octanol–water partition coefficient (Wildman–Crippen LogP) is 23.0. The average molecular weight is 1100 g/mol. The van der Waals surface area contributed by atoms with Crippen LogP contribution in [0, 0.1) is 11.8 Å². The molecule has 9 heteroatoms. The molecule has 0 spiro atoms. The number of fused-ring (bicyclic) bond motifs is 2. The van der Waals surface area contributed by atoms with E-state index in [-0.39, 0.29) is 0 Å². The van der Waals surface area contributed by atoms with Crippen molar-refractivity contribution in [2.45, 2.75) is 233 Å². The maximum absolute atomic E-state index is 6.71. The quantitative estimate of drug-likeness (QED) is 0.0355. The normalized spacial score (nSPS) is 12.5. The lowest BCUT2D eigenvalue weighted by Crippen LogP contribution is -2.12. The molecule has 418 valence electrons. The van der Waals surface area contributed by atoms with Crippen LogP contribution in [0.2, 0.25) is 0 Å². The van der Waals surface area contributed by atoms with Crippen LogP contribution in [0.4, 0.5) is 0 Å². The highest BCUT2D eigenvalue weighted by molar-refractivity contribution is 7.14. The molecule has 0 aliphatic heterocycles. The highest BCUT2D eigenvalue weighted by Crippen LogP contribution is 2.46. The second-order valence-corrected chi connectivity index (χ2v) is 24.8. The Morgan fingerprint density at radius 2 is 0.675 bits per heavy atom. The number of unbranched alkanes of at least 4 members (excludes halogenated alkanes) is 24. The number of rotatable bonds is 42. The van der Waals surface area contributed by atoms with Gasteiger partial charge in [-0.2, -0.15) is 8.75 Å². The Morgan fingerprint density at radius 1 is 0.364 bits per heavy atom. The first kappa shape index (κ1) is 60.5. The summed E-state index contributed by atoms with van der Waals surface area (Å²) in [7, 11) is 0. The summed E-state index contributed by atoms with van der Waals surface area (Å²) < 4.78 is 23.3. The molecule has 0 N–H and O–H groups in total. The van der Waals surface area contributed by atoms with Crippen molar-refractivity contribution < 1.29 is 9.47 Å². The molecule has 77 heavy (non-hydrogen) atoms. The molecule has 0 aliphatic carbocycles. The summed E-state index contributed by atoms with van der Waals surface area (Å²) >= 11 is 4.68. The molecule has 0 saturated carbocycles. The third-order valence-electron chi connectivity index (χ3n) is 16.0. The van der Waals surface area contributed by atoms with Gasteiger partial charge in [0.25, 0.3) is 0 Å². The molecule has 0 amide bonds. The maximum Gasteiger partial charge on any atom is 0.119 e. The Labute approximate surface area is 478 Å². The lowest BCUT2D eigenvalue weighted by molar-refractivity contribution is 0.224. The van der Waals surface area contributed by atoms with Crippen molar-refractivity contribution in [2.24, 2.45) is 11.8 Å². The Hall–Kier alpha value is -4.18. The highest BCUT2D eigenvalue weighted by atomic mass is 32.1. The summed E-state index contributed by atoms with van der Waals surface area (Å²) in [5.41, 5.74) is 9.16. The largest absolute Gasteiger partial charge is 0.493 e. The van der Waals surface area contributed by atoms with E-state index in [1.807, 2.05) is 0 Å². The molecule has 4 heterocycles. The molecule has 0 radical (unpaired) electrons. The van der Waals surface area contributed by atoms with Crippen molar-refractivity contribution in [2.75, 3.05) is 13.2 Å². The fourth-order valence-electron chi connectivity index (χ4n) is 11.3. The zero-order valence-electron chi connectivity index (χ0n) is 48.1. The zero-order valence-corrected chi connectivity index (χ0v) is 50.6. The third kappa shape index (κ3) is 19.6. The van der Waals surface area contributed by atoms with Gasteiger partial charge in [-0.15, -0.1) is 22.7 Å². The fraction of sp³-hybridized carbons (Fsp3) is 0.588. The van der Waals surface area contributed by atoms with Crippen LogP contribution in [-0.2, 0) is 0 Å². The van der Waals surface area contributed by atoms with Gasteiger partial charge in [0.05, 0.1) is 36.3 Å². The van der Waals surface area contributed by atoms with Gasteiger partial charge >= 0.3 is 0 Å². The molecule has 6 nitrogen and oxygen atoms in total. The summed E-state index contributed by atoms with van der Waals surface area (Å²) in [6.07, 6.45) is 42.7. The van der Waals surface area contributed by atoms with Gasteiger partial charge in [-0.1, -0.05) is 220 Å². The van der Waals surface area contributed by atoms with Gasteiger partial charge < -0.3 is 9.47 Å². The Bertz CT molecular complexity index is 2450. The van der Waals surface area contributed by atoms with Crippen molar-refractivity contribution in [3.63, 3.8) is 0 Å². The first-order valence-electron chi connectivity index (χ1n) is 31.2. The van der Waals surface area contributed by atoms with Gasteiger partial charge in [0, 0.05) is 32.0 Å². The SMILES string of the molecule is CCCCCCCCCCC(CCCCCCCC)COc1ccc(-c2nc3c(-c4cccs4)c4nsnc4c(-c4cccs4)c3nc2-c2ccc(OCC(CCCCCCCC)CCCCCCCCCC)cc2)cc1. The van der Waals surface area contributed by atoms with Crippen LogP contribution in [0.15, 0.2) is 83.6 Å². The van der Waals surface area contributed by atoms with Crippen LogP contribution in [0.5, 0.6) is 11.5 Å². The molecule has 2 atom stereocenters. The summed E-state index contributed by atoms with van der Waals surface area (Å²) in [5, 5.41) is 4.26. The number of aromatic nitrogens is 4. The predicted molar refractivity (Wildman–Crippen MR) is 336 cm³/mol. The molecule has 7 aromatic rings. The van der Waals surface area contributed by atoms with Crippen LogP contribution in [-0.4, -0.2) is 31.9 Å². The summed E-state index contributed by atoms with van der Waals surface area (Å²) in [5.74, 6) is 3.00. The first-order chi connectivity index (χ1) is 38.1. The lowest BCUT2D eigenvalue weighted by atomic mass is 9.94. The molecule has 0 fully saturated rings. The summed E-state index contributed by atoms with van der Waals surface area (Å²) in [6.45, 7) is 10.8. The number of ether oxygens (including phenoxy) is 2. The van der Waals surface area contributed by atoms with E-state index in [9.17, 15) is 0 Å². The molecule has 4 aromatic heterocycles. The van der Waals surface area contributed by atoms with Crippen molar-refractivity contribution in [1.29, 1.82) is 0 Å². The van der Waals surface area contributed by atoms with E-state index in [1.165, 1.54) is 217 Å². The van der Waals surface area contributed by atoms with Crippen LogP contribution in [0.3, 0.4) is 0 Å². The van der Waals surface area contributed by atoms with Crippen LogP contribution in [0.1, 0.15) is 233 Å². The van der Waals surface area contributed by atoms with E-state index in [0.717, 1.165) is 90.2 Å². The van der Waals surface area contributed by atoms with E-state index in [4.69, 9.17) is 28.2 Å². The number of hydrogen-bond acceptors (Lipinski definition) is 9. The molecular formula is C68H96N4O2S3. The number of benzene rings is 3. The van der Waals surface area contributed by atoms with Gasteiger partial charge in [-0.3, -0.25) is 0 Å². The van der Waals surface area contributed by atoms with E-state index in [0.29, 0.717) is 11.8 Å². The van der Waals surface area contributed by atoms with Gasteiger partial charge in [0.1, 0.15) is 33.6 Å². The van der Waals surface area contributed by atoms with Crippen molar-refractivity contribution in [3.8, 4) is 54.9 Å². The summed E-state index contributed by atoms with van der Waals surface area (Å²) in [4.78, 5) is 13.7. The van der Waals surface area contributed by atoms with E-state index in [2.05, 4.69) is 111 Å². The second kappa shape index (κ2) is 35.4. The van der Waals surface area contributed by atoms with E-state index in [1.54, 1.807) is 22.7 Å². The Kier molecular flexibility index (Phi) is 27.8.